The summed E-state index contributed by atoms with van der Waals surface area (Å²) in [4.78, 5) is 4.65. The van der Waals surface area contributed by atoms with Gasteiger partial charge in [-0.15, -0.1) is 11.3 Å². The largest absolute Gasteiger partial charge is 0.245 e. The number of rotatable bonds is 3. The Labute approximate surface area is 89.0 Å². The van der Waals surface area contributed by atoms with E-state index in [0.29, 0.717) is 5.92 Å². The second kappa shape index (κ2) is 4.01. The first-order valence-corrected chi connectivity index (χ1v) is 6.59. The van der Waals surface area contributed by atoms with Gasteiger partial charge in [0.2, 0.25) is 0 Å². The lowest BCUT2D eigenvalue weighted by Gasteiger charge is -2.18. The molecule has 1 nitrogen and oxygen atoms in total. The first-order chi connectivity index (χ1) is 5.97. The van der Waals surface area contributed by atoms with Crippen LogP contribution < -0.4 is 0 Å². The molecule has 0 radical (unpaired) electrons. The van der Waals surface area contributed by atoms with Crippen molar-refractivity contribution >= 4 is 23.1 Å². The molecule has 1 rings (SSSR count). The van der Waals surface area contributed by atoms with Crippen molar-refractivity contribution in [3.05, 3.63) is 16.1 Å². The molecule has 1 heterocycles. The molecule has 13 heavy (non-hydrogen) atoms. The molecule has 74 valence electrons. The highest BCUT2D eigenvalue weighted by atomic mass is 32.2. The molecule has 0 aliphatic carbocycles. The Morgan fingerprint density at radius 1 is 1.46 bits per heavy atom. The van der Waals surface area contributed by atoms with Crippen molar-refractivity contribution in [2.75, 3.05) is 6.26 Å². The minimum absolute atomic E-state index is 0.164. The highest BCUT2D eigenvalue weighted by Crippen LogP contribution is 2.36. The van der Waals surface area contributed by atoms with E-state index in [1.54, 1.807) is 11.3 Å². The fraction of sp³-hybridized carbons (Fsp3) is 0.700. The van der Waals surface area contributed by atoms with Crippen molar-refractivity contribution in [3.8, 4) is 0 Å². The highest BCUT2D eigenvalue weighted by Gasteiger charge is 2.23. The van der Waals surface area contributed by atoms with E-state index in [1.165, 1.54) is 10.7 Å². The molecule has 1 aromatic heterocycles. The normalized spacial score (nSPS) is 12.5. The van der Waals surface area contributed by atoms with Crippen molar-refractivity contribution in [2.45, 2.75) is 38.4 Å². The fourth-order valence-electron chi connectivity index (χ4n) is 0.915. The predicted octanol–water partition coefficient (Wildman–Crippen LogP) is 3.86. The molecular weight excluding hydrogens is 198 g/mol. The Morgan fingerprint density at radius 2 is 2.08 bits per heavy atom. The van der Waals surface area contributed by atoms with Crippen LogP contribution in [0.5, 0.6) is 0 Å². The summed E-state index contributed by atoms with van der Waals surface area (Å²) in [6, 6.07) is 0. The zero-order valence-electron chi connectivity index (χ0n) is 8.92. The summed E-state index contributed by atoms with van der Waals surface area (Å²) < 4.78 is 0.164. The Bertz CT molecular complexity index is 276. The average Bonchev–Trinajstić information content (AvgIpc) is 2.52. The predicted molar refractivity (Wildman–Crippen MR) is 62.7 cm³/mol. The van der Waals surface area contributed by atoms with Gasteiger partial charge >= 0.3 is 0 Å². The van der Waals surface area contributed by atoms with E-state index in [4.69, 9.17) is 0 Å². The van der Waals surface area contributed by atoms with Crippen LogP contribution in [-0.2, 0) is 4.75 Å². The van der Waals surface area contributed by atoms with Crippen LogP contribution in [0.25, 0.3) is 0 Å². The number of thiazole rings is 1. The first kappa shape index (κ1) is 11.1. The Morgan fingerprint density at radius 3 is 2.46 bits per heavy atom. The Hall–Kier alpha value is -0.0200. The zero-order valence-corrected chi connectivity index (χ0v) is 10.6. The van der Waals surface area contributed by atoms with E-state index in [-0.39, 0.29) is 4.75 Å². The summed E-state index contributed by atoms with van der Waals surface area (Å²) in [6.45, 7) is 8.82. The molecule has 0 unspecified atom stereocenters. The average molecular weight is 215 g/mol. The molecule has 0 N–H and O–H groups in total. The summed E-state index contributed by atoms with van der Waals surface area (Å²) in [7, 11) is 0. The molecule has 0 saturated heterocycles. The Balaban J connectivity index is 2.91. The monoisotopic (exact) mass is 215 g/mol. The zero-order chi connectivity index (χ0) is 10.1. The summed E-state index contributed by atoms with van der Waals surface area (Å²) in [5, 5.41) is 3.42. The lowest BCUT2D eigenvalue weighted by molar-refractivity contribution is 0.749. The summed E-state index contributed by atoms with van der Waals surface area (Å²) in [5.41, 5.74) is 1.22. The van der Waals surface area contributed by atoms with Crippen molar-refractivity contribution in [1.29, 1.82) is 0 Å². The maximum atomic E-state index is 4.65. The van der Waals surface area contributed by atoms with E-state index in [1.807, 2.05) is 11.8 Å². The molecule has 0 aliphatic heterocycles. The number of aromatic nitrogens is 1. The van der Waals surface area contributed by atoms with E-state index >= 15 is 0 Å². The molecule has 3 heteroatoms. The van der Waals surface area contributed by atoms with E-state index in [0.717, 1.165) is 0 Å². The third kappa shape index (κ3) is 2.47. The van der Waals surface area contributed by atoms with E-state index < -0.39 is 0 Å². The molecule has 0 bridgehead atoms. The van der Waals surface area contributed by atoms with E-state index in [2.05, 4.69) is 44.3 Å². The summed E-state index contributed by atoms with van der Waals surface area (Å²) in [5.74, 6) is 0.544. The smallest absolute Gasteiger partial charge is 0.108 e. The lowest BCUT2D eigenvalue weighted by atomic mass is 10.1. The number of thioether (sulfide) groups is 1. The molecule has 0 atom stereocenters. The molecular formula is C10H17NS2. The molecule has 1 aromatic rings. The lowest BCUT2D eigenvalue weighted by Crippen LogP contribution is -2.10. The van der Waals surface area contributed by atoms with Crippen LogP contribution in [0, 0.1) is 0 Å². The molecule has 0 aliphatic rings. The highest BCUT2D eigenvalue weighted by molar-refractivity contribution is 7.99. The van der Waals surface area contributed by atoms with Gasteiger partial charge in [0, 0.05) is 5.38 Å². The van der Waals surface area contributed by atoms with Crippen LogP contribution >= 0.6 is 23.1 Å². The third-order valence-corrected chi connectivity index (χ3v) is 4.67. The molecule has 0 spiro atoms. The minimum atomic E-state index is 0.164. The fourth-order valence-corrected chi connectivity index (χ4v) is 2.53. The minimum Gasteiger partial charge on any atom is -0.245 e. The van der Waals surface area contributed by atoms with Gasteiger partial charge in [-0.1, -0.05) is 13.8 Å². The SMILES string of the molecule is CSC(C)(C)c1nc(C(C)C)cs1. The molecule has 0 saturated carbocycles. The van der Waals surface area contributed by atoms with Gasteiger partial charge in [0.05, 0.1) is 10.4 Å². The first-order valence-electron chi connectivity index (χ1n) is 4.48. The van der Waals surface area contributed by atoms with Gasteiger partial charge < -0.3 is 0 Å². The maximum Gasteiger partial charge on any atom is 0.108 e. The molecule has 0 fully saturated rings. The van der Waals surface area contributed by atoms with Gasteiger partial charge in [0.25, 0.3) is 0 Å². The standard InChI is InChI=1S/C10H17NS2/c1-7(2)8-6-13-9(11-8)10(3,4)12-5/h6-7H,1-5H3. The van der Waals surface area contributed by atoms with Gasteiger partial charge in [-0.05, 0) is 26.0 Å². The van der Waals surface area contributed by atoms with Gasteiger partial charge in [0.1, 0.15) is 5.01 Å². The maximum absolute atomic E-state index is 4.65. The van der Waals surface area contributed by atoms with Crippen LogP contribution in [0.3, 0.4) is 0 Å². The van der Waals surface area contributed by atoms with Crippen LogP contribution in [0.15, 0.2) is 5.38 Å². The Kier molecular flexibility index (Phi) is 3.41. The number of hydrogen-bond donors (Lipinski definition) is 0. The molecule has 0 amide bonds. The third-order valence-electron chi connectivity index (χ3n) is 2.14. The van der Waals surface area contributed by atoms with Gasteiger partial charge in [-0.2, -0.15) is 11.8 Å². The van der Waals surface area contributed by atoms with E-state index in [9.17, 15) is 0 Å². The van der Waals surface area contributed by atoms with Gasteiger partial charge in [-0.3, -0.25) is 0 Å². The summed E-state index contributed by atoms with van der Waals surface area (Å²) in [6.07, 6.45) is 2.14. The van der Waals surface area contributed by atoms with Crippen LogP contribution in [0.2, 0.25) is 0 Å². The van der Waals surface area contributed by atoms with Crippen LogP contribution in [0.1, 0.15) is 44.3 Å². The number of nitrogens with zero attached hydrogens (tertiary/aromatic N) is 1. The quantitative estimate of drug-likeness (QED) is 0.759. The molecule has 0 aromatic carbocycles. The van der Waals surface area contributed by atoms with Crippen LogP contribution in [0.4, 0.5) is 0 Å². The number of hydrogen-bond acceptors (Lipinski definition) is 3. The van der Waals surface area contributed by atoms with Crippen molar-refractivity contribution in [3.63, 3.8) is 0 Å². The van der Waals surface area contributed by atoms with Gasteiger partial charge in [0.15, 0.2) is 0 Å². The second-order valence-electron chi connectivity index (χ2n) is 3.95. The van der Waals surface area contributed by atoms with Crippen molar-refractivity contribution < 1.29 is 0 Å². The second-order valence-corrected chi connectivity index (χ2v) is 6.23. The van der Waals surface area contributed by atoms with Gasteiger partial charge in [-0.25, -0.2) is 4.98 Å². The van der Waals surface area contributed by atoms with Crippen molar-refractivity contribution in [2.24, 2.45) is 0 Å². The topological polar surface area (TPSA) is 12.9 Å². The van der Waals surface area contributed by atoms with Crippen molar-refractivity contribution in [1.82, 2.24) is 4.98 Å². The van der Waals surface area contributed by atoms with Crippen LogP contribution in [-0.4, -0.2) is 11.2 Å². The summed E-state index contributed by atoms with van der Waals surface area (Å²) >= 11 is 3.63.